The van der Waals surface area contributed by atoms with E-state index in [-0.39, 0.29) is 0 Å². The molecule has 2 atom stereocenters. The van der Waals surface area contributed by atoms with E-state index in [0.29, 0.717) is 12.1 Å². The Morgan fingerprint density at radius 2 is 2.16 bits per heavy atom. The molecule has 1 aliphatic heterocycles. The fraction of sp³-hybridized carbons (Fsp3) is 0.733. The molecule has 4 heteroatoms. The number of nitrogens with zero attached hydrogens (tertiary/aromatic N) is 1. The highest BCUT2D eigenvalue weighted by Gasteiger charge is 2.35. The minimum Gasteiger partial charge on any atom is -0.306 e. The second kappa shape index (κ2) is 5.03. The van der Waals surface area contributed by atoms with Crippen molar-refractivity contribution in [3.05, 3.63) is 20.8 Å². The molecule has 0 aromatic carbocycles. The summed E-state index contributed by atoms with van der Waals surface area (Å²) in [6.07, 6.45) is 7.99. The smallest absolute Gasteiger partial charge is 0.0934 e. The first-order valence-electron chi connectivity index (χ1n) is 7.58. The maximum atomic E-state index is 6.19. The van der Waals surface area contributed by atoms with Crippen LogP contribution < -0.4 is 5.32 Å². The first-order chi connectivity index (χ1) is 9.29. The number of fused-ring (bicyclic) bond motifs is 1. The summed E-state index contributed by atoms with van der Waals surface area (Å²) in [6.45, 7) is 2.56. The maximum Gasteiger partial charge on any atom is 0.0934 e. The van der Waals surface area contributed by atoms with Crippen LogP contribution in [0.25, 0.3) is 0 Å². The maximum absolute atomic E-state index is 6.19. The fourth-order valence-corrected chi connectivity index (χ4v) is 5.06. The summed E-state index contributed by atoms with van der Waals surface area (Å²) in [7, 11) is 0. The second-order valence-electron chi connectivity index (χ2n) is 6.25. The van der Waals surface area contributed by atoms with E-state index < -0.39 is 0 Å². The number of aryl methyl sites for hydroxylation is 1. The van der Waals surface area contributed by atoms with Crippen LogP contribution in [0.1, 0.15) is 48.6 Å². The van der Waals surface area contributed by atoms with Crippen LogP contribution in [0.3, 0.4) is 0 Å². The molecule has 4 rings (SSSR count). The highest BCUT2D eigenvalue weighted by atomic mass is 35.5. The minimum atomic E-state index is 0.552. The molecule has 2 heterocycles. The largest absolute Gasteiger partial charge is 0.306 e. The molecule has 2 nitrogen and oxygen atoms in total. The zero-order valence-corrected chi connectivity index (χ0v) is 12.8. The standard InChI is InChI=1S/C15H21ClN2S/c16-15-8-12-13(2-1-3-14(12)19-15)17-10-6-7-18(9-10)11-4-5-11/h8,10-11,13,17H,1-7,9H2. The van der Waals surface area contributed by atoms with Crippen LogP contribution >= 0.6 is 22.9 Å². The molecule has 1 saturated carbocycles. The average molecular weight is 297 g/mol. The van der Waals surface area contributed by atoms with E-state index in [9.17, 15) is 0 Å². The molecule has 1 aromatic rings. The van der Waals surface area contributed by atoms with Gasteiger partial charge in [0.15, 0.2) is 0 Å². The normalized spacial score (nSPS) is 31.6. The lowest BCUT2D eigenvalue weighted by Gasteiger charge is -2.27. The van der Waals surface area contributed by atoms with E-state index in [1.807, 2.05) is 0 Å². The third-order valence-electron chi connectivity index (χ3n) is 4.80. The van der Waals surface area contributed by atoms with Gasteiger partial charge in [0.1, 0.15) is 0 Å². The van der Waals surface area contributed by atoms with Crippen molar-refractivity contribution in [2.24, 2.45) is 0 Å². The van der Waals surface area contributed by atoms with Gasteiger partial charge in [0.05, 0.1) is 4.34 Å². The van der Waals surface area contributed by atoms with Gasteiger partial charge in [-0.25, -0.2) is 0 Å². The lowest BCUT2D eigenvalue weighted by atomic mass is 9.93. The molecule has 2 unspecified atom stereocenters. The number of rotatable bonds is 3. The molecule has 0 amide bonds. The molecule has 1 aromatic heterocycles. The van der Waals surface area contributed by atoms with Crippen molar-refractivity contribution >= 4 is 22.9 Å². The fourth-order valence-electron chi connectivity index (χ4n) is 3.67. The topological polar surface area (TPSA) is 15.3 Å². The molecule has 1 N–H and O–H groups in total. The van der Waals surface area contributed by atoms with Gasteiger partial charge in [-0.2, -0.15) is 0 Å². The van der Waals surface area contributed by atoms with Crippen molar-refractivity contribution in [1.29, 1.82) is 0 Å². The van der Waals surface area contributed by atoms with Crippen molar-refractivity contribution in [3.63, 3.8) is 0 Å². The average Bonchev–Trinajstić information content (AvgIpc) is 3.01. The molecule has 3 aliphatic rings. The molecule has 0 bridgehead atoms. The lowest BCUT2D eigenvalue weighted by Crippen LogP contribution is -2.36. The Balaban J connectivity index is 1.43. The van der Waals surface area contributed by atoms with Crippen LogP contribution in [0, 0.1) is 0 Å². The highest BCUT2D eigenvalue weighted by Crippen LogP contribution is 2.38. The summed E-state index contributed by atoms with van der Waals surface area (Å²) in [5.41, 5.74) is 1.49. The predicted octanol–water partition coefficient (Wildman–Crippen LogP) is 3.61. The van der Waals surface area contributed by atoms with Crippen molar-refractivity contribution < 1.29 is 0 Å². The summed E-state index contributed by atoms with van der Waals surface area (Å²) < 4.78 is 0.963. The lowest BCUT2D eigenvalue weighted by molar-refractivity contribution is 0.308. The Kier molecular flexibility index (Phi) is 3.34. The van der Waals surface area contributed by atoms with E-state index in [1.165, 1.54) is 62.1 Å². The Hall–Kier alpha value is -0.0900. The van der Waals surface area contributed by atoms with Crippen molar-refractivity contribution in [2.45, 2.75) is 56.7 Å². The number of halogens is 1. The number of likely N-dealkylation sites (tertiary alicyclic amines) is 1. The third-order valence-corrected chi connectivity index (χ3v) is 6.14. The van der Waals surface area contributed by atoms with Gasteiger partial charge >= 0.3 is 0 Å². The SMILES string of the molecule is Clc1cc2c(s1)CCCC2NC1CCN(C2CC2)C1. The van der Waals surface area contributed by atoms with E-state index in [0.717, 1.165) is 10.4 Å². The Bertz CT molecular complexity index is 469. The number of hydrogen-bond acceptors (Lipinski definition) is 3. The Morgan fingerprint density at radius 1 is 1.26 bits per heavy atom. The van der Waals surface area contributed by atoms with Gasteiger partial charge in [-0.3, -0.25) is 4.90 Å². The van der Waals surface area contributed by atoms with Crippen LogP contribution in [-0.2, 0) is 6.42 Å². The quantitative estimate of drug-likeness (QED) is 0.917. The van der Waals surface area contributed by atoms with Crippen LogP contribution in [-0.4, -0.2) is 30.1 Å². The summed E-state index contributed by atoms with van der Waals surface area (Å²) in [5, 5.41) is 3.91. The molecule has 19 heavy (non-hydrogen) atoms. The minimum absolute atomic E-state index is 0.552. The summed E-state index contributed by atoms with van der Waals surface area (Å²) in [5.74, 6) is 0. The van der Waals surface area contributed by atoms with Crippen LogP contribution in [0.4, 0.5) is 0 Å². The number of nitrogens with one attached hydrogen (secondary N) is 1. The zero-order valence-electron chi connectivity index (χ0n) is 11.2. The predicted molar refractivity (Wildman–Crippen MR) is 81.1 cm³/mol. The van der Waals surface area contributed by atoms with Gasteiger partial charge in [0, 0.05) is 36.1 Å². The van der Waals surface area contributed by atoms with E-state index in [1.54, 1.807) is 11.3 Å². The molecule has 104 valence electrons. The van der Waals surface area contributed by atoms with Gasteiger partial charge in [0.2, 0.25) is 0 Å². The van der Waals surface area contributed by atoms with Crippen molar-refractivity contribution in [2.75, 3.05) is 13.1 Å². The molecule has 0 spiro atoms. The van der Waals surface area contributed by atoms with Crippen molar-refractivity contribution in [3.8, 4) is 0 Å². The van der Waals surface area contributed by atoms with E-state index >= 15 is 0 Å². The molecule has 2 fully saturated rings. The van der Waals surface area contributed by atoms with Crippen LogP contribution in [0.5, 0.6) is 0 Å². The monoisotopic (exact) mass is 296 g/mol. The van der Waals surface area contributed by atoms with E-state index in [4.69, 9.17) is 11.6 Å². The molecule has 0 radical (unpaired) electrons. The number of thiophene rings is 1. The zero-order chi connectivity index (χ0) is 12.8. The highest BCUT2D eigenvalue weighted by molar-refractivity contribution is 7.16. The van der Waals surface area contributed by atoms with Gasteiger partial charge < -0.3 is 5.32 Å². The summed E-state index contributed by atoms with van der Waals surface area (Å²) in [6, 6.07) is 4.36. The van der Waals surface area contributed by atoms with Crippen LogP contribution in [0.2, 0.25) is 4.34 Å². The molecule has 1 saturated heterocycles. The third kappa shape index (κ3) is 2.58. The van der Waals surface area contributed by atoms with Crippen molar-refractivity contribution in [1.82, 2.24) is 10.2 Å². The van der Waals surface area contributed by atoms with Crippen LogP contribution in [0.15, 0.2) is 6.07 Å². The van der Waals surface area contributed by atoms with Gasteiger partial charge in [-0.15, -0.1) is 11.3 Å². The van der Waals surface area contributed by atoms with E-state index in [2.05, 4.69) is 16.3 Å². The Morgan fingerprint density at radius 3 is 3.00 bits per heavy atom. The first-order valence-corrected chi connectivity index (χ1v) is 8.77. The molecular formula is C15H21ClN2S. The van der Waals surface area contributed by atoms with Gasteiger partial charge in [-0.05, 0) is 50.2 Å². The summed E-state index contributed by atoms with van der Waals surface area (Å²) >= 11 is 7.97. The molecular weight excluding hydrogens is 276 g/mol. The first kappa shape index (κ1) is 12.6. The Labute approximate surface area is 124 Å². The molecule has 2 aliphatic carbocycles. The summed E-state index contributed by atoms with van der Waals surface area (Å²) in [4.78, 5) is 4.20. The van der Waals surface area contributed by atoms with Gasteiger partial charge in [0.25, 0.3) is 0 Å². The van der Waals surface area contributed by atoms with Gasteiger partial charge in [-0.1, -0.05) is 11.6 Å². The second-order valence-corrected chi connectivity index (χ2v) is 8.02. The number of hydrogen-bond donors (Lipinski definition) is 1.